The standard InChI is InChI=1S/C13H15F2N3/c1-8-5-11(15)9(6-10(8)14)12-7-17-13(18-12)3-2-4-16/h5-7H,2-4,16H2,1H3,(H,17,18). The summed E-state index contributed by atoms with van der Waals surface area (Å²) < 4.78 is 27.2. The molecule has 18 heavy (non-hydrogen) atoms. The second-order valence-corrected chi connectivity index (χ2v) is 4.22. The van der Waals surface area contributed by atoms with E-state index in [9.17, 15) is 8.78 Å². The molecule has 0 aliphatic carbocycles. The molecule has 5 heteroatoms. The lowest BCUT2D eigenvalue weighted by Gasteiger charge is -2.03. The van der Waals surface area contributed by atoms with Gasteiger partial charge in [0.25, 0.3) is 0 Å². The predicted molar refractivity (Wildman–Crippen MR) is 66.1 cm³/mol. The van der Waals surface area contributed by atoms with Gasteiger partial charge in [-0.2, -0.15) is 0 Å². The molecular formula is C13H15F2N3. The van der Waals surface area contributed by atoms with Crippen LogP contribution in [0.25, 0.3) is 11.3 Å². The topological polar surface area (TPSA) is 54.7 Å². The molecule has 0 radical (unpaired) electrons. The molecule has 3 N–H and O–H groups in total. The van der Waals surface area contributed by atoms with Crippen LogP contribution in [0.1, 0.15) is 17.8 Å². The number of imidazole rings is 1. The molecule has 0 bridgehead atoms. The number of benzene rings is 1. The number of aromatic amines is 1. The minimum atomic E-state index is -0.456. The van der Waals surface area contributed by atoms with E-state index in [1.807, 2.05) is 0 Å². The van der Waals surface area contributed by atoms with E-state index in [0.29, 0.717) is 24.2 Å². The zero-order valence-electron chi connectivity index (χ0n) is 10.1. The maximum Gasteiger partial charge on any atom is 0.133 e. The van der Waals surface area contributed by atoms with Crippen molar-refractivity contribution < 1.29 is 8.78 Å². The van der Waals surface area contributed by atoms with Gasteiger partial charge in [-0.15, -0.1) is 0 Å². The Labute approximate surface area is 104 Å². The summed E-state index contributed by atoms with van der Waals surface area (Å²) in [5, 5.41) is 0. The number of hydrogen-bond donors (Lipinski definition) is 2. The molecule has 0 fully saturated rings. The molecule has 0 aliphatic heterocycles. The van der Waals surface area contributed by atoms with Crippen LogP contribution in [0, 0.1) is 18.6 Å². The van der Waals surface area contributed by atoms with Gasteiger partial charge in [-0.3, -0.25) is 0 Å². The summed E-state index contributed by atoms with van der Waals surface area (Å²) in [6, 6.07) is 2.37. The van der Waals surface area contributed by atoms with Crippen molar-refractivity contribution in [2.24, 2.45) is 5.73 Å². The molecule has 0 saturated heterocycles. The first-order chi connectivity index (χ1) is 8.61. The number of aryl methyl sites for hydroxylation is 2. The number of halogens is 2. The lowest BCUT2D eigenvalue weighted by Crippen LogP contribution is -2.01. The van der Waals surface area contributed by atoms with Gasteiger partial charge in [-0.05, 0) is 37.6 Å². The summed E-state index contributed by atoms with van der Waals surface area (Å²) in [4.78, 5) is 7.10. The van der Waals surface area contributed by atoms with Gasteiger partial charge >= 0.3 is 0 Å². The Hall–Kier alpha value is -1.75. The third kappa shape index (κ3) is 2.56. The van der Waals surface area contributed by atoms with Crippen molar-refractivity contribution in [3.63, 3.8) is 0 Å². The van der Waals surface area contributed by atoms with E-state index in [4.69, 9.17) is 5.73 Å². The summed E-state index contributed by atoms with van der Waals surface area (Å²) in [6.45, 7) is 2.10. The third-order valence-corrected chi connectivity index (χ3v) is 2.78. The van der Waals surface area contributed by atoms with E-state index in [1.54, 1.807) is 0 Å². The van der Waals surface area contributed by atoms with Crippen LogP contribution in [-0.2, 0) is 6.42 Å². The average Bonchev–Trinajstić information content (AvgIpc) is 2.79. The Morgan fingerprint density at radius 2 is 2.06 bits per heavy atom. The highest BCUT2D eigenvalue weighted by Crippen LogP contribution is 2.24. The van der Waals surface area contributed by atoms with Crippen LogP contribution in [0.3, 0.4) is 0 Å². The first-order valence-corrected chi connectivity index (χ1v) is 5.81. The molecule has 0 saturated carbocycles. The van der Waals surface area contributed by atoms with E-state index in [2.05, 4.69) is 9.97 Å². The predicted octanol–water partition coefficient (Wildman–Crippen LogP) is 2.55. The van der Waals surface area contributed by atoms with E-state index >= 15 is 0 Å². The van der Waals surface area contributed by atoms with Gasteiger partial charge in [0.1, 0.15) is 17.5 Å². The van der Waals surface area contributed by atoms with E-state index < -0.39 is 11.6 Å². The summed E-state index contributed by atoms with van der Waals surface area (Å²) in [7, 11) is 0. The minimum Gasteiger partial charge on any atom is -0.342 e. The molecule has 1 aromatic heterocycles. The second kappa shape index (κ2) is 5.27. The molecule has 0 atom stereocenters. The first-order valence-electron chi connectivity index (χ1n) is 5.81. The van der Waals surface area contributed by atoms with Gasteiger partial charge in [0.2, 0.25) is 0 Å². The number of nitrogens with two attached hydrogens (primary N) is 1. The molecular weight excluding hydrogens is 236 g/mol. The van der Waals surface area contributed by atoms with Crippen molar-refractivity contribution >= 4 is 0 Å². The molecule has 2 rings (SSSR count). The lowest BCUT2D eigenvalue weighted by molar-refractivity contribution is 0.595. The van der Waals surface area contributed by atoms with Crippen molar-refractivity contribution in [3.05, 3.63) is 41.4 Å². The fraction of sp³-hybridized carbons (Fsp3) is 0.308. The Morgan fingerprint density at radius 3 is 2.78 bits per heavy atom. The molecule has 3 nitrogen and oxygen atoms in total. The summed E-state index contributed by atoms with van der Waals surface area (Å²) in [5.41, 5.74) is 6.38. The van der Waals surface area contributed by atoms with E-state index in [-0.39, 0.29) is 5.56 Å². The number of aromatic nitrogens is 2. The SMILES string of the molecule is Cc1cc(F)c(-c2cnc(CCCN)[nH]2)cc1F. The largest absolute Gasteiger partial charge is 0.342 e. The Morgan fingerprint density at radius 1 is 1.28 bits per heavy atom. The highest BCUT2D eigenvalue weighted by atomic mass is 19.1. The van der Waals surface area contributed by atoms with Crippen LogP contribution < -0.4 is 5.73 Å². The molecule has 1 aromatic carbocycles. The van der Waals surface area contributed by atoms with Gasteiger partial charge in [0.05, 0.1) is 11.9 Å². The zero-order valence-corrected chi connectivity index (χ0v) is 10.1. The third-order valence-electron chi connectivity index (χ3n) is 2.78. The number of rotatable bonds is 4. The van der Waals surface area contributed by atoms with Crippen molar-refractivity contribution in [2.75, 3.05) is 6.54 Å². The van der Waals surface area contributed by atoms with Crippen LogP contribution in [0.2, 0.25) is 0 Å². The van der Waals surface area contributed by atoms with Crippen molar-refractivity contribution in [1.82, 2.24) is 9.97 Å². The van der Waals surface area contributed by atoms with Crippen LogP contribution in [0.4, 0.5) is 8.78 Å². The van der Waals surface area contributed by atoms with Gasteiger partial charge in [0.15, 0.2) is 0 Å². The van der Waals surface area contributed by atoms with Crippen molar-refractivity contribution in [2.45, 2.75) is 19.8 Å². The van der Waals surface area contributed by atoms with Crippen LogP contribution >= 0.6 is 0 Å². The van der Waals surface area contributed by atoms with Gasteiger partial charge < -0.3 is 10.7 Å². The molecule has 0 aliphatic rings. The second-order valence-electron chi connectivity index (χ2n) is 4.22. The molecule has 96 valence electrons. The number of hydrogen-bond acceptors (Lipinski definition) is 2. The highest BCUT2D eigenvalue weighted by Gasteiger charge is 2.11. The van der Waals surface area contributed by atoms with Gasteiger partial charge in [0, 0.05) is 12.0 Å². The van der Waals surface area contributed by atoms with Crippen molar-refractivity contribution in [1.29, 1.82) is 0 Å². The maximum atomic E-state index is 13.7. The molecule has 0 unspecified atom stereocenters. The van der Waals surface area contributed by atoms with Gasteiger partial charge in [-0.1, -0.05) is 0 Å². The smallest absolute Gasteiger partial charge is 0.133 e. The van der Waals surface area contributed by atoms with Crippen LogP contribution in [0.5, 0.6) is 0 Å². The Bertz CT molecular complexity index is 549. The monoisotopic (exact) mass is 251 g/mol. The molecule has 0 spiro atoms. The van der Waals surface area contributed by atoms with E-state index in [1.165, 1.54) is 25.3 Å². The quantitative estimate of drug-likeness (QED) is 0.877. The fourth-order valence-electron chi connectivity index (χ4n) is 1.75. The highest BCUT2D eigenvalue weighted by molar-refractivity contribution is 5.60. The summed E-state index contributed by atoms with van der Waals surface area (Å²) >= 11 is 0. The van der Waals surface area contributed by atoms with Gasteiger partial charge in [-0.25, -0.2) is 13.8 Å². The Kier molecular flexibility index (Phi) is 3.72. The summed E-state index contributed by atoms with van der Waals surface area (Å²) in [5.74, 6) is -0.150. The zero-order chi connectivity index (χ0) is 13.1. The maximum absolute atomic E-state index is 13.7. The number of H-pyrrole nitrogens is 1. The molecule has 2 aromatic rings. The minimum absolute atomic E-state index is 0.199. The first kappa shape index (κ1) is 12.7. The Balaban J connectivity index is 2.31. The molecule has 1 heterocycles. The van der Waals surface area contributed by atoms with Crippen LogP contribution in [-0.4, -0.2) is 16.5 Å². The number of nitrogens with one attached hydrogen (secondary N) is 1. The van der Waals surface area contributed by atoms with E-state index in [0.717, 1.165) is 12.2 Å². The normalized spacial score (nSPS) is 10.9. The lowest BCUT2D eigenvalue weighted by atomic mass is 10.1. The summed E-state index contributed by atoms with van der Waals surface area (Å²) in [6.07, 6.45) is 3.02. The molecule has 0 amide bonds. The van der Waals surface area contributed by atoms with Crippen LogP contribution in [0.15, 0.2) is 18.3 Å². The average molecular weight is 251 g/mol. The number of nitrogens with zero attached hydrogens (tertiary/aromatic N) is 1. The fourth-order valence-corrected chi connectivity index (χ4v) is 1.75. The van der Waals surface area contributed by atoms with Crippen molar-refractivity contribution in [3.8, 4) is 11.3 Å².